The number of nitrogens with one attached hydrogen (secondary N) is 2. The molecule has 0 unspecified atom stereocenters. The number of hydrogen-bond donors (Lipinski definition) is 2. The molecule has 3 rings (SSSR count). The lowest BCUT2D eigenvalue weighted by atomic mass is 9.93. The van der Waals surface area contributed by atoms with Crippen molar-refractivity contribution in [2.75, 3.05) is 11.9 Å². The molecule has 0 bridgehead atoms. The number of carbonyl (C=O) groups excluding carboxylic acids is 3. The van der Waals surface area contributed by atoms with Gasteiger partial charge in [-0.3, -0.25) is 14.4 Å². The highest BCUT2D eigenvalue weighted by molar-refractivity contribution is 5.92. The minimum Gasteiger partial charge on any atom is -0.356 e. The molecule has 29 heavy (non-hydrogen) atoms. The van der Waals surface area contributed by atoms with Crippen LogP contribution in [0.3, 0.4) is 0 Å². The minimum atomic E-state index is -0.342. The summed E-state index contributed by atoms with van der Waals surface area (Å²) in [6.07, 6.45) is 4.08. The fourth-order valence-electron chi connectivity index (χ4n) is 3.45. The molecule has 1 aliphatic heterocycles. The van der Waals surface area contributed by atoms with Gasteiger partial charge >= 0.3 is 0 Å². The number of likely N-dealkylation sites (N-methyl/N-ethyl adjacent to an activating group) is 1. The molecule has 3 amide bonds. The fraction of sp³-hybridized carbons (Fsp3) is 0.261. The summed E-state index contributed by atoms with van der Waals surface area (Å²) in [5, 5.41) is 5.64. The van der Waals surface area contributed by atoms with Gasteiger partial charge in [0.15, 0.2) is 0 Å². The van der Waals surface area contributed by atoms with E-state index >= 15 is 0 Å². The zero-order valence-electron chi connectivity index (χ0n) is 16.6. The van der Waals surface area contributed by atoms with Crippen LogP contribution in [0.15, 0.2) is 54.7 Å². The predicted molar refractivity (Wildman–Crippen MR) is 113 cm³/mol. The normalized spacial score (nSPS) is 14.8. The lowest BCUT2D eigenvalue weighted by Gasteiger charge is -2.32. The molecule has 0 spiro atoms. The third kappa shape index (κ3) is 5.10. The smallest absolute Gasteiger partial charge is 0.226 e. The Balaban J connectivity index is 1.67. The summed E-state index contributed by atoms with van der Waals surface area (Å²) < 4.78 is 0. The molecule has 2 aromatic rings. The van der Waals surface area contributed by atoms with E-state index in [4.69, 9.17) is 0 Å². The molecule has 6 nitrogen and oxygen atoms in total. The quantitative estimate of drug-likeness (QED) is 0.793. The van der Waals surface area contributed by atoms with Crippen LogP contribution in [0.5, 0.6) is 0 Å². The molecule has 6 heteroatoms. The highest BCUT2D eigenvalue weighted by Crippen LogP contribution is 2.33. The summed E-state index contributed by atoms with van der Waals surface area (Å²) in [5.74, 6) is -0.316. The van der Waals surface area contributed by atoms with Gasteiger partial charge in [0.1, 0.15) is 0 Å². The minimum absolute atomic E-state index is 0.0300. The van der Waals surface area contributed by atoms with E-state index in [1.54, 1.807) is 23.2 Å². The topological polar surface area (TPSA) is 78.5 Å². The molecule has 0 saturated carbocycles. The van der Waals surface area contributed by atoms with Crippen molar-refractivity contribution in [3.05, 3.63) is 71.4 Å². The van der Waals surface area contributed by atoms with E-state index in [1.165, 1.54) is 6.92 Å². The first-order chi connectivity index (χ1) is 14.0. The Bertz CT molecular complexity index is 935. The first-order valence-corrected chi connectivity index (χ1v) is 9.69. The first-order valence-electron chi connectivity index (χ1n) is 9.69. The number of amides is 3. The summed E-state index contributed by atoms with van der Waals surface area (Å²) in [4.78, 5) is 38.0. The standard InChI is InChI=1S/C23H25N3O3/c1-3-24-22(28)14-17-8-10-19(11-9-17)25-23(29)15-21-20-7-5-4-6-18(20)12-13-26(21)16(2)27/h4-13,21H,3,14-15H2,1-2H3,(H,24,28)(H,25,29)/t21-/m0/s1. The summed E-state index contributed by atoms with van der Waals surface area (Å²) in [5.41, 5.74) is 3.50. The molecule has 0 radical (unpaired) electrons. The molecule has 0 fully saturated rings. The number of benzene rings is 2. The van der Waals surface area contributed by atoms with Crippen molar-refractivity contribution in [1.82, 2.24) is 10.2 Å². The Hall–Kier alpha value is -3.41. The Morgan fingerprint density at radius 2 is 1.72 bits per heavy atom. The molecular weight excluding hydrogens is 366 g/mol. The number of carbonyl (C=O) groups is 3. The van der Waals surface area contributed by atoms with Crippen molar-refractivity contribution in [1.29, 1.82) is 0 Å². The van der Waals surface area contributed by atoms with Crippen molar-refractivity contribution < 1.29 is 14.4 Å². The van der Waals surface area contributed by atoms with E-state index in [0.29, 0.717) is 18.7 Å². The monoisotopic (exact) mass is 391 g/mol. The Labute approximate surface area is 170 Å². The number of rotatable bonds is 6. The van der Waals surface area contributed by atoms with Gasteiger partial charge in [-0.05, 0) is 41.8 Å². The third-order valence-electron chi connectivity index (χ3n) is 4.82. The van der Waals surface area contributed by atoms with Crippen LogP contribution < -0.4 is 10.6 Å². The highest BCUT2D eigenvalue weighted by Gasteiger charge is 2.28. The van der Waals surface area contributed by atoms with Gasteiger partial charge in [-0.25, -0.2) is 0 Å². The Morgan fingerprint density at radius 1 is 1.00 bits per heavy atom. The Kier molecular flexibility index (Phi) is 6.44. The molecule has 1 heterocycles. The fourth-order valence-corrected chi connectivity index (χ4v) is 3.45. The van der Waals surface area contributed by atoms with Gasteiger partial charge < -0.3 is 15.5 Å². The van der Waals surface area contributed by atoms with Crippen molar-refractivity contribution in [2.45, 2.75) is 32.7 Å². The van der Waals surface area contributed by atoms with E-state index in [-0.39, 0.29) is 30.2 Å². The van der Waals surface area contributed by atoms with Crippen LogP contribution in [0.4, 0.5) is 5.69 Å². The van der Waals surface area contributed by atoms with Gasteiger partial charge in [-0.1, -0.05) is 36.4 Å². The van der Waals surface area contributed by atoms with Crippen molar-refractivity contribution in [3.8, 4) is 0 Å². The van der Waals surface area contributed by atoms with Gasteiger partial charge in [0.25, 0.3) is 0 Å². The van der Waals surface area contributed by atoms with Crippen LogP contribution in [0, 0.1) is 0 Å². The molecule has 1 atom stereocenters. The zero-order valence-corrected chi connectivity index (χ0v) is 16.6. The second-order valence-electron chi connectivity index (χ2n) is 6.97. The molecular formula is C23H25N3O3. The van der Waals surface area contributed by atoms with E-state index in [0.717, 1.165) is 16.7 Å². The van der Waals surface area contributed by atoms with Gasteiger partial charge in [0.2, 0.25) is 17.7 Å². The van der Waals surface area contributed by atoms with Crippen LogP contribution in [-0.2, 0) is 20.8 Å². The van der Waals surface area contributed by atoms with E-state index in [9.17, 15) is 14.4 Å². The maximum absolute atomic E-state index is 12.7. The molecule has 1 aliphatic rings. The summed E-state index contributed by atoms with van der Waals surface area (Å²) in [7, 11) is 0. The van der Waals surface area contributed by atoms with Gasteiger partial charge in [0.05, 0.1) is 18.9 Å². The van der Waals surface area contributed by atoms with Crippen molar-refractivity contribution in [2.24, 2.45) is 0 Å². The molecule has 0 aliphatic carbocycles. The third-order valence-corrected chi connectivity index (χ3v) is 4.82. The Morgan fingerprint density at radius 3 is 2.41 bits per heavy atom. The van der Waals surface area contributed by atoms with Crippen LogP contribution in [0.25, 0.3) is 6.08 Å². The zero-order chi connectivity index (χ0) is 20.8. The van der Waals surface area contributed by atoms with Crippen LogP contribution >= 0.6 is 0 Å². The molecule has 150 valence electrons. The van der Waals surface area contributed by atoms with Crippen molar-refractivity contribution >= 4 is 29.5 Å². The molecule has 2 N–H and O–H groups in total. The van der Waals surface area contributed by atoms with Gasteiger partial charge in [-0.15, -0.1) is 0 Å². The second kappa shape index (κ2) is 9.19. The van der Waals surface area contributed by atoms with E-state index < -0.39 is 0 Å². The lowest BCUT2D eigenvalue weighted by molar-refractivity contribution is -0.129. The highest BCUT2D eigenvalue weighted by atomic mass is 16.2. The van der Waals surface area contributed by atoms with Gasteiger partial charge in [-0.2, -0.15) is 0 Å². The summed E-state index contributed by atoms with van der Waals surface area (Å²) in [6.45, 7) is 3.98. The maximum Gasteiger partial charge on any atom is 0.226 e. The summed E-state index contributed by atoms with van der Waals surface area (Å²) >= 11 is 0. The number of hydrogen-bond acceptors (Lipinski definition) is 3. The largest absolute Gasteiger partial charge is 0.356 e. The van der Waals surface area contributed by atoms with Crippen LogP contribution in [0.2, 0.25) is 0 Å². The SMILES string of the molecule is CCNC(=O)Cc1ccc(NC(=O)C[C@H]2c3ccccc3C=CN2C(C)=O)cc1. The number of fused-ring (bicyclic) bond motifs is 1. The van der Waals surface area contributed by atoms with E-state index in [2.05, 4.69) is 10.6 Å². The first kappa shape index (κ1) is 20.3. The predicted octanol–water partition coefficient (Wildman–Crippen LogP) is 3.27. The average molecular weight is 391 g/mol. The van der Waals surface area contributed by atoms with Crippen molar-refractivity contribution in [3.63, 3.8) is 0 Å². The number of anilines is 1. The van der Waals surface area contributed by atoms with Gasteiger partial charge in [0, 0.05) is 25.4 Å². The lowest BCUT2D eigenvalue weighted by Crippen LogP contribution is -2.33. The van der Waals surface area contributed by atoms with Crippen LogP contribution in [0.1, 0.15) is 43.0 Å². The molecule has 0 saturated heterocycles. The maximum atomic E-state index is 12.7. The molecule has 2 aromatic carbocycles. The molecule has 0 aromatic heterocycles. The van der Waals surface area contributed by atoms with E-state index in [1.807, 2.05) is 49.4 Å². The van der Waals surface area contributed by atoms with Crippen LogP contribution in [-0.4, -0.2) is 29.2 Å². The summed E-state index contributed by atoms with van der Waals surface area (Å²) in [6, 6.07) is 14.6. The second-order valence-corrected chi connectivity index (χ2v) is 6.97. The number of nitrogens with zero attached hydrogens (tertiary/aromatic N) is 1. The average Bonchev–Trinajstić information content (AvgIpc) is 2.69.